The van der Waals surface area contributed by atoms with Gasteiger partial charge in [-0.15, -0.1) is 0 Å². The lowest BCUT2D eigenvalue weighted by atomic mass is 10.2. The SMILES string of the molecule is Cc1cc(Cl)c(N2CCC(=O)C2=O)cc1Cl. The van der Waals surface area contributed by atoms with Gasteiger partial charge in [-0.1, -0.05) is 23.2 Å². The van der Waals surface area contributed by atoms with E-state index in [4.69, 9.17) is 23.2 Å². The van der Waals surface area contributed by atoms with E-state index in [1.165, 1.54) is 4.90 Å². The number of Topliss-reactive ketones (excluding diaryl/α,β-unsaturated/α-hetero) is 1. The van der Waals surface area contributed by atoms with Crippen LogP contribution in [0.2, 0.25) is 10.0 Å². The van der Waals surface area contributed by atoms with Crippen molar-refractivity contribution >= 4 is 40.6 Å². The number of nitrogens with zero attached hydrogens (tertiary/aromatic N) is 1. The number of amides is 1. The van der Waals surface area contributed by atoms with Crippen LogP contribution in [0.25, 0.3) is 0 Å². The molecule has 0 radical (unpaired) electrons. The number of halogens is 2. The van der Waals surface area contributed by atoms with E-state index in [2.05, 4.69) is 0 Å². The first-order valence-corrected chi connectivity index (χ1v) is 5.56. The summed E-state index contributed by atoms with van der Waals surface area (Å²) in [6, 6.07) is 3.31. The fraction of sp³-hybridized carbons (Fsp3) is 0.273. The maximum absolute atomic E-state index is 11.5. The summed E-state index contributed by atoms with van der Waals surface area (Å²) < 4.78 is 0. The van der Waals surface area contributed by atoms with Gasteiger partial charge in [0, 0.05) is 18.0 Å². The van der Waals surface area contributed by atoms with Gasteiger partial charge < -0.3 is 4.90 Å². The lowest BCUT2D eigenvalue weighted by molar-refractivity contribution is -0.133. The van der Waals surface area contributed by atoms with E-state index < -0.39 is 5.91 Å². The van der Waals surface area contributed by atoms with Gasteiger partial charge in [-0.2, -0.15) is 0 Å². The molecule has 1 heterocycles. The highest BCUT2D eigenvalue weighted by molar-refractivity contribution is 6.45. The number of ketones is 1. The summed E-state index contributed by atoms with van der Waals surface area (Å²) in [7, 11) is 0. The van der Waals surface area contributed by atoms with Crippen LogP contribution >= 0.6 is 23.2 Å². The Morgan fingerprint density at radius 3 is 2.44 bits per heavy atom. The van der Waals surface area contributed by atoms with E-state index in [1.54, 1.807) is 12.1 Å². The molecule has 16 heavy (non-hydrogen) atoms. The van der Waals surface area contributed by atoms with Gasteiger partial charge in [0.25, 0.3) is 5.91 Å². The molecule has 0 aromatic heterocycles. The third kappa shape index (κ3) is 1.81. The van der Waals surface area contributed by atoms with E-state index in [1.807, 2.05) is 6.92 Å². The van der Waals surface area contributed by atoms with Crippen LogP contribution in [0, 0.1) is 6.92 Å². The molecule has 3 nitrogen and oxygen atoms in total. The Balaban J connectivity index is 2.45. The van der Waals surface area contributed by atoms with Crippen LogP contribution in [-0.4, -0.2) is 18.2 Å². The normalized spacial score (nSPS) is 16.1. The summed E-state index contributed by atoms with van der Waals surface area (Å²) in [6.45, 7) is 2.20. The highest BCUT2D eigenvalue weighted by atomic mass is 35.5. The fourth-order valence-electron chi connectivity index (χ4n) is 1.64. The lowest BCUT2D eigenvalue weighted by Gasteiger charge is -2.17. The molecule has 1 aliphatic heterocycles. The number of benzene rings is 1. The standard InChI is InChI=1S/C11H9Cl2NO2/c1-6-4-8(13)9(5-7(6)12)14-3-2-10(15)11(14)16/h4-5H,2-3H2,1H3. The molecule has 0 unspecified atom stereocenters. The van der Waals surface area contributed by atoms with Crippen molar-refractivity contribution in [2.24, 2.45) is 0 Å². The van der Waals surface area contributed by atoms with Crippen molar-refractivity contribution < 1.29 is 9.59 Å². The number of hydrogen-bond acceptors (Lipinski definition) is 2. The van der Waals surface area contributed by atoms with Crippen molar-refractivity contribution in [2.45, 2.75) is 13.3 Å². The predicted octanol–water partition coefficient (Wildman–Crippen LogP) is 2.61. The number of rotatable bonds is 1. The molecule has 0 spiro atoms. The Hall–Kier alpha value is -1.06. The molecule has 1 aromatic rings. The highest BCUT2D eigenvalue weighted by Crippen LogP contribution is 2.33. The highest BCUT2D eigenvalue weighted by Gasteiger charge is 2.31. The Morgan fingerprint density at radius 2 is 1.88 bits per heavy atom. The third-order valence-electron chi connectivity index (χ3n) is 2.57. The monoisotopic (exact) mass is 257 g/mol. The topological polar surface area (TPSA) is 37.4 Å². The van der Waals surface area contributed by atoms with E-state index in [0.29, 0.717) is 22.3 Å². The molecule has 1 fully saturated rings. The van der Waals surface area contributed by atoms with Crippen LogP contribution in [0.5, 0.6) is 0 Å². The Bertz CT molecular complexity index is 485. The van der Waals surface area contributed by atoms with Gasteiger partial charge in [0.2, 0.25) is 5.78 Å². The molecule has 1 aliphatic rings. The Morgan fingerprint density at radius 1 is 1.19 bits per heavy atom. The molecule has 0 saturated carbocycles. The van der Waals surface area contributed by atoms with E-state index in [-0.39, 0.29) is 12.2 Å². The van der Waals surface area contributed by atoms with Gasteiger partial charge in [0.15, 0.2) is 0 Å². The zero-order valence-corrected chi connectivity index (χ0v) is 10.1. The average Bonchev–Trinajstić information content (AvgIpc) is 2.54. The van der Waals surface area contributed by atoms with Crippen LogP contribution in [0.15, 0.2) is 12.1 Å². The largest absolute Gasteiger partial charge is 0.304 e. The molecule has 0 bridgehead atoms. The van der Waals surface area contributed by atoms with Crippen LogP contribution in [0.4, 0.5) is 5.69 Å². The van der Waals surface area contributed by atoms with Gasteiger partial charge in [-0.25, -0.2) is 0 Å². The van der Waals surface area contributed by atoms with Gasteiger partial charge >= 0.3 is 0 Å². The molecule has 1 aromatic carbocycles. The summed E-state index contributed by atoms with van der Waals surface area (Å²) in [5.41, 5.74) is 1.35. The Kier molecular flexibility index (Phi) is 2.91. The zero-order valence-electron chi connectivity index (χ0n) is 8.59. The van der Waals surface area contributed by atoms with E-state index >= 15 is 0 Å². The molecule has 0 aliphatic carbocycles. The second-order valence-corrected chi connectivity index (χ2v) is 4.50. The van der Waals surface area contributed by atoms with Gasteiger partial charge in [0.1, 0.15) is 0 Å². The summed E-state index contributed by atoms with van der Waals surface area (Å²) in [5, 5.41) is 0.969. The zero-order chi connectivity index (χ0) is 11.9. The molecule has 5 heteroatoms. The number of carbonyl (C=O) groups excluding carboxylic acids is 2. The Labute approximate surface area is 103 Å². The first-order chi connectivity index (χ1) is 7.50. The molecule has 1 saturated heterocycles. The fourth-order valence-corrected chi connectivity index (χ4v) is 2.12. The molecule has 84 valence electrons. The van der Waals surface area contributed by atoms with Crippen LogP contribution in [0.3, 0.4) is 0 Å². The number of carbonyl (C=O) groups is 2. The molecule has 0 N–H and O–H groups in total. The predicted molar refractivity (Wildman–Crippen MR) is 63.2 cm³/mol. The molecule has 1 amide bonds. The van der Waals surface area contributed by atoms with E-state index in [0.717, 1.165) is 5.56 Å². The quantitative estimate of drug-likeness (QED) is 0.726. The van der Waals surface area contributed by atoms with Crippen LogP contribution in [-0.2, 0) is 9.59 Å². The molecule has 0 atom stereocenters. The van der Waals surface area contributed by atoms with Crippen molar-refractivity contribution in [2.75, 3.05) is 11.4 Å². The maximum Gasteiger partial charge on any atom is 0.294 e. The van der Waals surface area contributed by atoms with Crippen molar-refractivity contribution in [1.29, 1.82) is 0 Å². The minimum absolute atomic E-state index is 0.237. The first-order valence-electron chi connectivity index (χ1n) is 4.81. The van der Waals surface area contributed by atoms with Gasteiger partial charge in [0.05, 0.1) is 10.7 Å². The molecular weight excluding hydrogens is 249 g/mol. The van der Waals surface area contributed by atoms with Gasteiger partial charge in [-0.3, -0.25) is 9.59 Å². The molecular formula is C11H9Cl2NO2. The summed E-state index contributed by atoms with van der Waals surface area (Å²) >= 11 is 12.0. The second-order valence-electron chi connectivity index (χ2n) is 3.68. The first kappa shape index (κ1) is 11.4. The lowest BCUT2D eigenvalue weighted by Crippen LogP contribution is -2.27. The second kappa shape index (κ2) is 4.07. The van der Waals surface area contributed by atoms with Gasteiger partial charge in [-0.05, 0) is 24.6 Å². The average molecular weight is 258 g/mol. The third-order valence-corrected chi connectivity index (χ3v) is 3.27. The number of aryl methyl sites for hydroxylation is 1. The summed E-state index contributed by atoms with van der Waals surface area (Å²) in [6.07, 6.45) is 0.237. The van der Waals surface area contributed by atoms with E-state index in [9.17, 15) is 9.59 Å². The summed E-state index contributed by atoms with van der Waals surface area (Å²) in [4.78, 5) is 24.1. The minimum atomic E-state index is -0.512. The maximum atomic E-state index is 11.5. The van der Waals surface area contributed by atoms with Crippen molar-refractivity contribution in [3.05, 3.63) is 27.7 Å². The van der Waals surface area contributed by atoms with Crippen molar-refractivity contribution in [3.8, 4) is 0 Å². The minimum Gasteiger partial charge on any atom is -0.304 e. The van der Waals surface area contributed by atoms with Crippen molar-refractivity contribution in [1.82, 2.24) is 0 Å². The smallest absolute Gasteiger partial charge is 0.294 e. The van der Waals surface area contributed by atoms with Crippen LogP contribution in [0.1, 0.15) is 12.0 Å². The molecule has 2 rings (SSSR count). The van der Waals surface area contributed by atoms with Crippen LogP contribution < -0.4 is 4.90 Å². The number of hydrogen-bond donors (Lipinski definition) is 0. The summed E-state index contributed by atoms with van der Waals surface area (Å²) in [5.74, 6) is -0.894. The number of anilines is 1. The van der Waals surface area contributed by atoms with Crippen molar-refractivity contribution in [3.63, 3.8) is 0 Å².